The second kappa shape index (κ2) is 6.21. The van der Waals surface area contributed by atoms with Crippen LogP contribution in [0.5, 0.6) is 0 Å². The third-order valence-corrected chi connectivity index (χ3v) is 3.92. The monoisotopic (exact) mass is 308 g/mol. The van der Waals surface area contributed by atoms with Gasteiger partial charge in [0.15, 0.2) is 0 Å². The molecule has 18 heavy (non-hydrogen) atoms. The van der Waals surface area contributed by atoms with Crippen molar-refractivity contribution in [2.24, 2.45) is 5.92 Å². The minimum Gasteiger partial charge on any atom is -0.393 e. The number of hydrogen-bond acceptors (Lipinski definition) is 3. The Morgan fingerprint density at radius 3 is 2.83 bits per heavy atom. The molecule has 0 amide bonds. The summed E-state index contributed by atoms with van der Waals surface area (Å²) < 4.78 is 0.897. The van der Waals surface area contributed by atoms with E-state index in [0.29, 0.717) is 11.5 Å². The van der Waals surface area contributed by atoms with Crippen LogP contribution in [-0.4, -0.2) is 17.8 Å². The molecule has 96 valence electrons. The Kier molecular flexibility index (Phi) is 4.62. The summed E-state index contributed by atoms with van der Waals surface area (Å²) in [5.41, 5.74) is 1.56. The van der Waals surface area contributed by atoms with E-state index in [4.69, 9.17) is 5.26 Å². The van der Waals surface area contributed by atoms with E-state index in [-0.39, 0.29) is 6.10 Å². The Morgan fingerprint density at radius 2 is 2.11 bits per heavy atom. The topological polar surface area (TPSA) is 56.0 Å². The van der Waals surface area contributed by atoms with Crippen LogP contribution >= 0.6 is 15.9 Å². The highest BCUT2D eigenvalue weighted by Crippen LogP contribution is 2.25. The Labute approximate surface area is 116 Å². The maximum absolute atomic E-state index is 9.90. The Balaban J connectivity index is 1.97. The summed E-state index contributed by atoms with van der Waals surface area (Å²) >= 11 is 3.39. The van der Waals surface area contributed by atoms with E-state index in [2.05, 4.69) is 27.3 Å². The average Bonchev–Trinajstić information content (AvgIpc) is 2.37. The summed E-state index contributed by atoms with van der Waals surface area (Å²) in [5.74, 6) is 0.322. The van der Waals surface area contributed by atoms with E-state index in [1.807, 2.05) is 12.1 Å². The maximum atomic E-state index is 9.90. The molecule has 2 unspecified atom stereocenters. The molecule has 1 aliphatic carbocycles. The fraction of sp³-hybridized carbons (Fsp3) is 0.500. The lowest BCUT2D eigenvalue weighted by molar-refractivity contribution is 0.0763. The molecule has 1 saturated carbocycles. The molecule has 1 fully saturated rings. The summed E-state index contributed by atoms with van der Waals surface area (Å²) in [5, 5.41) is 22.1. The van der Waals surface area contributed by atoms with Gasteiger partial charge in [-0.15, -0.1) is 0 Å². The number of anilines is 1. The van der Waals surface area contributed by atoms with E-state index in [0.717, 1.165) is 36.0 Å². The first-order valence-electron chi connectivity index (χ1n) is 6.31. The van der Waals surface area contributed by atoms with Crippen molar-refractivity contribution < 1.29 is 5.11 Å². The van der Waals surface area contributed by atoms with Gasteiger partial charge in [-0.3, -0.25) is 0 Å². The molecule has 0 saturated heterocycles. The predicted molar refractivity (Wildman–Crippen MR) is 75.3 cm³/mol. The first-order chi connectivity index (χ1) is 8.69. The van der Waals surface area contributed by atoms with E-state index in [9.17, 15) is 5.11 Å². The van der Waals surface area contributed by atoms with Gasteiger partial charge in [-0.25, -0.2) is 0 Å². The van der Waals surface area contributed by atoms with Crippen molar-refractivity contribution in [1.29, 1.82) is 5.26 Å². The average molecular weight is 309 g/mol. The lowest BCUT2D eigenvalue weighted by Crippen LogP contribution is -2.30. The summed E-state index contributed by atoms with van der Waals surface area (Å²) in [6.07, 6.45) is 4.13. The summed E-state index contributed by atoms with van der Waals surface area (Å²) in [7, 11) is 0. The van der Waals surface area contributed by atoms with Crippen LogP contribution in [0.15, 0.2) is 22.7 Å². The summed E-state index contributed by atoms with van der Waals surface area (Å²) in [4.78, 5) is 0. The molecule has 0 bridgehead atoms. The van der Waals surface area contributed by atoms with Gasteiger partial charge in [-0.2, -0.15) is 5.26 Å². The standard InChI is InChI=1S/C14H17BrN2O/c15-12-5-10(8-16)6-13(7-12)17-9-11-3-1-2-4-14(11)18/h5-7,11,14,17-18H,1-4,9H2. The molecule has 1 aliphatic rings. The van der Waals surface area contributed by atoms with Crippen molar-refractivity contribution >= 4 is 21.6 Å². The van der Waals surface area contributed by atoms with Crippen molar-refractivity contribution in [1.82, 2.24) is 0 Å². The first-order valence-corrected chi connectivity index (χ1v) is 7.11. The van der Waals surface area contributed by atoms with Crippen LogP contribution in [0, 0.1) is 17.2 Å². The minimum absolute atomic E-state index is 0.186. The van der Waals surface area contributed by atoms with Gasteiger partial charge in [-0.05, 0) is 31.0 Å². The van der Waals surface area contributed by atoms with Crippen molar-refractivity contribution in [3.8, 4) is 6.07 Å². The van der Waals surface area contributed by atoms with Gasteiger partial charge in [0.25, 0.3) is 0 Å². The Bertz CT molecular complexity index is 456. The van der Waals surface area contributed by atoms with E-state index in [1.165, 1.54) is 6.42 Å². The largest absolute Gasteiger partial charge is 0.393 e. The van der Waals surface area contributed by atoms with Gasteiger partial charge in [0.2, 0.25) is 0 Å². The zero-order valence-corrected chi connectivity index (χ0v) is 11.8. The highest BCUT2D eigenvalue weighted by atomic mass is 79.9. The van der Waals surface area contributed by atoms with Crippen molar-refractivity contribution in [3.05, 3.63) is 28.2 Å². The lowest BCUT2D eigenvalue weighted by atomic mass is 9.86. The van der Waals surface area contributed by atoms with Gasteiger partial charge in [0, 0.05) is 22.6 Å². The molecular formula is C14H17BrN2O. The van der Waals surface area contributed by atoms with Crippen LogP contribution in [0.2, 0.25) is 0 Å². The fourth-order valence-corrected chi connectivity index (χ4v) is 2.92. The molecule has 2 rings (SSSR count). The maximum Gasteiger partial charge on any atom is 0.0992 e. The smallest absolute Gasteiger partial charge is 0.0992 e. The number of halogens is 1. The van der Waals surface area contributed by atoms with Gasteiger partial charge in [0.1, 0.15) is 0 Å². The number of nitrogens with one attached hydrogen (secondary N) is 1. The number of hydrogen-bond donors (Lipinski definition) is 2. The highest BCUT2D eigenvalue weighted by molar-refractivity contribution is 9.10. The molecule has 0 aromatic heterocycles. The van der Waals surface area contributed by atoms with Crippen molar-refractivity contribution in [2.45, 2.75) is 31.8 Å². The third-order valence-electron chi connectivity index (χ3n) is 3.46. The molecule has 4 heteroatoms. The van der Waals surface area contributed by atoms with Gasteiger partial charge >= 0.3 is 0 Å². The number of benzene rings is 1. The summed E-state index contributed by atoms with van der Waals surface area (Å²) in [6, 6.07) is 7.72. The predicted octanol–water partition coefficient (Wildman–Crippen LogP) is 3.28. The van der Waals surface area contributed by atoms with Crippen LogP contribution in [0.25, 0.3) is 0 Å². The number of aliphatic hydroxyl groups is 1. The molecule has 0 aliphatic heterocycles. The molecule has 0 radical (unpaired) electrons. The van der Waals surface area contributed by atoms with Crippen LogP contribution < -0.4 is 5.32 Å². The van der Waals surface area contributed by atoms with Crippen molar-refractivity contribution in [2.75, 3.05) is 11.9 Å². The normalized spacial score (nSPS) is 23.4. The number of nitriles is 1. The number of aliphatic hydroxyl groups excluding tert-OH is 1. The molecule has 2 atom stereocenters. The molecule has 2 N–H and O–H groups in total. The van der Waals surface area contributed by atoms with E-state index in [1.54, 1.807) is 6.07 Å². The van der Waals surface area contributed by atoms with Crippen LogP contribution in [-0.2, 0) is 0 Å². The minimum atomic E-state index is -0.186. The first kappa shape index (κ1) is 13.4. The Hall–Kier alpha value is -1.05. The van der Waals surface area contributed by atoms with E-state index < -0.39 is 0 Å². The quantitative estimate of drug-likeness (QED) is 0.901. The second-order valence-corrected chi connectivity index (χ2v) is 5.75. The number of rotatable bonds is 3. The molecule has 0 heterocycles. The van der Waals surface area contributed by atoms with Crippen LogP contribution in [0.3, 0.4) is 0 Å². The molecule has 3 nitrogen and oxygen atoms in total. The summed E-state index contributed by atoms with van der Waals surface area (Å²) in [6.45, 7) is 0.766. The zero-order chi connectivity index (χ0) is 13.0. The van der Waals surface area contributed by atoms with Crippen LogP contribution in [0.4, 0.5) is 5.69 Å². The molecule has 1 aromatic rings. The van der Waals surface area contributed by atoms with Crippen LogP contribution in [0.1, 0.15) is 31.2 Å². The van der Waals surface area contributed by atoms with Gasteiger partial charge in [0.05, 0.1) is 17.7 Å². The van der Waals surface area contributed by atoms with Gasteiger partial charge in [-0.1, -0.05) is 28.8 Å². The Morgan fingerprint density at radius 1 is 1.33 bits per heavy atom. The third kappa shape index (κ3) is 3.47. The highest BCUT2D eigenvalue weighted by Gasteiger charge is 2.22. The SMILES string of the molecule is N#Cc1cc(Br)cc(NCC2CCCCC2O)c1. The van der Waals surface area contributed by atoms with Gasteiger partial charge < -0.3 is 10.4 Å². The van der Waals surface area contributed by atoms with E-state index >= 15 is 0 Å². The molecule has 0 spiro atoms. The fourth-order valence-electron chi connectivity index (χ4n) is 2.43. The van der Waals surface area contributed by atoms with Crippen molar-refractivity contribution in [3.63, 3.8) is 0 Å². The zero-order valence-electron chi connectivity index (χ0n) is 10.2. The molecular weight excluding hydrogens is 292 g/mol. The second-order valence-electron chi connectivity index (χ2n) is 4.83. The lowest BCUT2D eigenvalue weighted by Gasteiger charge is -2.28. The number of nitrogens with zero attached hydrogens (tertiary/aromatic N) is 1. The molecule has 1 aromatic carbocycles.